The van der Waals surface area contributed by atoms with Crippen molar-refractivity contribution in [3.8, 4) is 0 Å². The molecule has 0 aliphatic heterocycles. The Labute approximate surface area is 142 Å². The summed E-state index contributed by atoms with van der Waals surface area (Å²) in [6, 6.07) is 8.01. The molecule has 0 saturated heterocycles. The molecule has 2 rings (SSSR count). The van der Waals surface area contributed by atoms with Crippen molar-refractivity contribution in [1.29, 1.82) is 0 Å². The Hall–Kier alpha value is -1.70. The first-order valence-electron chi connectivity index (χ1n) is 6.47. The third-order valence-corrected chi connectivity index (χ3v) is 2.74. The third kappa shape index (κ3) is 5.66. The van der Waals surface area contributed by atoms with Crippen molar-refractivity contribution in [1.82, 2.24) is 9.97 Å². The average Bonchev–Trinajstić information content (AvgIpc) is 2.35. The predicted molar refractivity (Wildman–Crippen MR) is 97.0 cm³/mol. The van der Waals surface area contributed by atoms with Crippen LogP contribution in [0.4, 0.5) is 5.69 Å². The maximum absolute atomic E-state index is 5.89. The third-order valence-electron chi connectivity index (χ3n) is 2.74. The SMILES string of the molecule is Cc1cc(C)cc(NC(N)=NCc2ccnc(C)n2)c1.I. The Morgan fingerprint density at radius 2 is 1.86 bits per heavy atom. The summed E-state index contributed by atoms with van der Waals surface area (Å²) in [7, 11) is 0. The molecule has 1 aromatic carbocycles. The Bertz CT molecular complexity index is 619. The minimum atomic E-state index is 0. The van der Waals surface area contributed by atoms with Crippen molar-refractivity contribution in [2.75, 3.05) is 5.32 Å². The molecule has 0 spiro atoms. The van der Waals surface area contributed by atoms with Gasteiger partial charge in [0.15, 0.2) is 5.96 Å². The zero-order valence-electron chi connectivity index (χ0n) is 12.4. The summed E-state index contributed by atoms with van der Waals surface area (Å²) in [5, 5.41) is 3.09. The minimum Gasteiger partial charge on any atom is -0.370 e. The van der Waals surface area contributed by atoms with Crippen LogP contribution in [0.1, 0.15) is 22.6 Å². The maximum atomic E-state index is 5.89. The number of benzene rings is 1. The zero-order valence-corrected chi connectivity index (χ0v) is 14.8. The van der Waals surface area contributed by atoms with E-state index >= 15 is 0 Å². The van der Waals surface area contributed by atoms with Crippen molar-refractivity contribution in [3.05, 3.63) is 53.1 Å². The van der Waals surface area contributed by atoms with Crippen LogP contribution in [0.25, 0.3) is 0 Å². The van der Waals surface area contributed by atoms with E-state index in [9.17, 15) is 0 Å². The summed E-state index contributed by atoms with van der Waals surface area (Å²) < 4.78 is 0. The first-order valence-corrected chi connectivity index (χ1v) is 6.47. The summed E-state index contributed by atoms with van der Waals surface area (Å²) in [4.78, 5) is 12.6. The van der Waals surface area contributed by atoms with Crippen molar-refractivity contribution in [2.45, 2.75) is 27.3 Å². The molecule has 0 bridgehead atoms. The van der Waals surface area contributed by atoms with Crippen molar-refractivity contribution in [3.63, 3.8) is 0 Å². The fourth-order valence-corrected chi connectivity index (χ4v) is 1.99. The average molecular weight is 397 g/mol. The van der Waals surface area contributed by atoms with E-state index in [0.717, 1.165) is 17.2 Å². The summed E-state index contributed by atoms with van der Waals surface area (Å²) in [5.74, 6) is 1.12. The Kier molecular flexibility index (Phi) is 6.54. The molecule has 0 saturated carbocycles. The fourth-order valence-electron chi connectivity index (χ4n) is 1.99. The molecule has 0 aliphatic carbocycles. The number of guanidine groups is 1. The van der Waals surface area contributed by atoms with Crippen LogP contribution in [0.2, 0.25) is 0 Å². The van der Waals surface area contributed by atoms with Crippen LogP contribution < -0.4 is 11.1 Å². The second kappa shape index (κ2) is 7.92. The van der Waals surface area contributed by atoms with Crippen LogP contribution in [-0.4, -0.2) is 15.9 Å². The highest BCUT2D eigenvalue weighted by Gasteiger charge is 1.99. The van der Waals surface area contributed by atoms with Gasteiger partial charge in [-0.05, 0) is 50.1 Å². The van der Waals surface area contributed by atoms with Gasteiger partial charge in [0.2, 0.25) is 0 Å². The smallest absolute Gasteiger partial charge is 0.193 e. The quantitative estimate of drug-likeness (QED) is 0.475. The highest BCUT2D eigenvalue weighted by molar-refractivity contribution is 14.0. The van der Waals surface area contributed by atoms with Gasteiger partial charge >= 0.3 is 0 Å². The minimum absolute atomic E-state index is 0. The van der Waals surface area contributed by atoms with Gasteiger partial charge in [-0.2, -0.15) is 0 Å². The highest BCUT2D eigenvalue weighted by Crippen LogP contribution is 2.13. The normalized spacial score (nSPS) is 10.9. The van der Waals surface area contributed by atoms with Crippen molar-refractivity contribution < 1.29 is 0 Å². The monoisotopic (exact) mass is 397 g/mol. The molecular formula is C15H20IN5. The van der Waals surface area contributed by atoms with E-state index in [-0.39, 0.29) is 24.0 Å². The number of aliphatic imine (C=N–C) groups is 1. The van der Waals surface area contributed by atoms with Gasteiger partial charge in [0.05, 0.1) is 12.2 Å². The van der Waals surface area contributed by atoms with Crippen molar-refractivity contribution >= 4 is 35.6 Å². The summed E-state index contributed by atoms with van der Waals surface area (Å²) in [6.45, 7) is 6.39. The van der Waals surface area contributed by atoms with Gasteiger partial charge < -0.3 is 11.1 Å². The molecule has 21 heavy (non-hydrogen) atoms. The van der Waals surface area contributed by atoms with Gasteiger partial charge in [0.25, 0.3) is 0 Å². The Morgan fingerprint density at radius 1 is 1.19 bits per heavy atom. The number of hydrogen-bond acceptors (Lipinski definition) is 3. The van der Waals surface area contributed by atoms with Crippen LogP contribution in [0.5, 0.6) is 0 Å². The van der Waals surface area contributed by atoms with E-state index in [4.69, 9.17) is 5.73 Å². The summed E-state index contributed by atoms with van der Waals surface area (Å²) in [5.41, 5.74) is 10.1. The Balaban J connectivity index is 0.00000220. The lowest BCUT2D eigenvalue weighted by Gasteiger charge is -2.08. The van der Waals surface area contributed by atoms with E-state index in [1.807, 2.05) is 25.1 Å². The number of aromatic nitrogens is 2. The first kappa shape index (κ1) is 17.4. The van der Waals surface area contributed by atoms with E-state index in [0.29, 0.717) is 12.5 Å². The molecule has 0 unspecified atom stereocenters. The largest absolute Gasteiger partial charge is 0.370 e. The molecule has 5 nitrogen and oxygen atoms in total. The van der Waals surface area contributed by atoms with Gasteiger partial charge in [0, 0.05) is 11.9 Å². The standard InChI is InChI=1S/C15H19N5.HI/c1-10-6-11(2)8-14(7-10)20-15(16)18-9-13-4-5-17-12(3)19-13;/h4-8H,9H2,1-3H3,(H3,16,18,20);1H. The topological polar surface area (TPSA) is 76.2 Å². The lowest BCUT2D eigenvalue weighted by Crippen LogP contribution is -2.22. The van der Waals surface area contributed by atoms with Gasteiger partial charge in [-0.25, -0.2) is 15.0 Å². The molecule has 112 valence electrons. The predicted octanol–water partition coefficient (Wildman–Crippen LogP) is 2.95. The number of aryl methyl sites for hydroxylation is 3. The van der Waals surface area contributed by atoms with Crippen LogP contribution in [0, 0.1) is 20.8 Å². The molecule has 0 radical (unpaired) electrons. The Morgan fingerprint density at radius 3 is 2.48 bits per heavy atom. The maximum Gasteiger partial charge on any atom is 0.193 e. The molecular weight excluding hydrogens is 377 g/mol. The number of nitrogens with zero attached hydrogens (tertiary/aromatic N) is 3. The van der Waals surface area contributed by atoms with Crippen molar-refractivity contribution in [2.24, 2.45) is 10.7 Å². The van der Waals surface area contributed by atoms with E-state index in [1.54, 1.807) is 6.20 Å². The van der Waals surface area contributed by atoms with Crippen LogP contribution in [0.3, 0.4) is 0 Å². The van der Waals surface area contributed by atoms with E-state index in [2.05, 4.69) is 40.2 Å². The molecule has 6 heteroatoms. The zero-order chi connectivity index (χ0) is 14.5. The number of halogens is 1. The first-order chi connectivity index (χ1) is 9.52. The number of rotatable bonds is 3. The second-order valence-electron chi connectivity index (χ2n) is 4.80. The van der Waals surface area contributed by atoms with Crippen LogP contribution in [-0.2, 0) is 6.54 Å². The van der Waals surface area contributed by atoms with Gasteiger partial charge in [0.1, 0.15) is 5.82 Å². The van der Waals surface area contributed by atoms with Gasteiger partial charge in [-0.15, -0.1) is 24.0 Å². The molecule has 0 amide bonds. The summed E-state index contributed by atoms with van der Waals surface area (Å²) >= 11 is 0. The van der Waals surface area contributed by atoms with Gasteiger partial charge in [-0.1, -0.05) is 6.07 Å². The molecule has 1 heterocycles. The molecule has 0 aliphatic rings. The van der Waals surface area contributed by atoms with E-state index in [1.165, 1.54) is 11.1 Å². The van der Waals surface area contributed by atoms with Crippen LogP contribution in [0.15, 0.2) is 35.5 Å². The molecule has 3 N–H and O–H groups in total. The number of nitrogens with one attached hydrogen (secondary N) is 1. The number of nitrogens with two attached hydrogens (primary N) is 1. The lowest BCUT2D eigenvalue weighted by atomic mass is 10.1. The summed E-state index contributed by atoms with van der Waals surface area (Å²) in [6.07, 6.45) is 1.72. The van der Waals surface area contributed by atoms with Crippen LogP contribution >= 0.6 is 24.0 Å². The molecule has 0 fully saturated rings. The van der Waals surface area contributed by atoms with Gasteiger partial charge in [-0.3, -0.25) is 0 Å². The second-order valence-corrected chi connectivity index (χ2v) is 4.80. The highest BCUT2D eigenvalue weighted by atomic mass is 127. The fraction of sp³-hybridized carbons (Fsp3) is 0.267. The molecule has 2 aromatic rings. The van der Waals surface area contributed by atoms with E-state index < -0.39 is 0 Å². The number of hydrogen-bond donors (Lipinski definition) is 2. The molecule has 0 atom stereocenters. The number of anilines is 1. The molecule has 1 aromatic heterocycles. The lowest BCUT2D eigenvalue weighted by molar-refractivity contribution is 0.924.